The number of nitrogens with one attached hydrogen (secondary N) is 1. The van der Waals surface area contributed by atoms with Crippen LogP contribution in [0.4, 0.5) is 4.79 Å². The fraction of sp³-hybridized carbons (Fsp3) is 0.529. The lowest BCUT2D eigenvalue weighted by Crippen LogP contribution is -2.47. The molecule has 1 aromatic carbocycles. The van der Waals surface area contributed by atoms with E-state index in [-0.39, 0.29) is 26.0 Å². The summed E-state index contributed by atoms with van der Waals surface area (Å²) in [6.07, 6.45) is -0.622. The minimum atomic E-state index is -0.737. The standard InChI is InChI=1S/C17H25NO4.H2S/c1-12(2)14(18-16(20)22-17(3,4)5)15(19)21-11-13-9-7-6-8-10-13;/h6-10,12,14H,11H2,1-5H3,(H,18,20);1H2/t14-;/m0./s1. The zero-order valence-electron chi connectivity index (χ0n) is 14.4. The van der Waals surface area contributed by atoms with E-state index in [1.54, 1.807) is 20.8 Å². The molecule has 0 unspecified atom stereocenters. The van der Waals surface area contributed by atoms with Crippen molar-refractivity contribution in [3.05, 3.63) is 35.9 Å². The zero-order valence-corrected chi connectivity index (χ0v) is 15.4. The number of esters is 1. The van der Waals surface area contributed by atoms with Gasteiger partial charge in [-0.15, -0.1) is 0 Å². The van der Waals surface area contributed by atoms with E-state index in [0.717, 1.165) is 5.56 Å². The van der Waals surface area contributed by atoms with Gasteiger partial charge >= 0.3 is 12.1 Å². The van der Waals surface area contributed by atoms with E-state index in [4.69, 9.17) is 9.47 Å². The Morgan fingerprint density at radius 2 is 1.70 bits per heavy atom. The molecule has 0 spiro atoms. The monoisotopic (exact) mass is 341 g/mol. The Balaban J connectivity index is 0.00000484. The SMILES string of the molecule is CC(C)[C@H](NC(=O)OC(C)(C)C)C(=O)OCc1ccccc1.S. The zero-order chi connectivity index (χ0) is 16.8. The van der Waals surface area contributed by atoms with Gasteiger partial charge in [0.1, 0.15) is 18.2 Å². The summed E-state index contributed by atoms with van der Waals surface area (Å²) >= 11 is 0. The molecular weight excluding hydrogens is 314 g/mol. The Hall–Kier alpha value is -1.69. The Morgan fingerprint density at radius 1 is 1.13 bits per heavy atom. The maximum absolute atomic E-state index is 12.2. The molecule has 0 radical (unpaired) electrons. The van der Waals surface area contributed by atoms with Crippen molar-refractivity contribution >= 4 is 25.6 Å². The summed E-state index contributed by atoms with van der Waals surface area (Å²) in [5.41, 5.74) is 0.287. The number of hydrogen-bond acceptors (Lipinski definition) is 4. The molecule has 1 amide bonds. The second-order valence-corrected chi connectivity index (χ2v) is 6.46. The second-order valence-electron chi connectivity index (χ2n) is 6.46. The molecule has 0 aliphatic rings. The van der Waals surface area contributed by atoms with Crippen LogP contribution < -0.4 is 5.32 Å². The molecule has 0 bridgehead atoms. The smallest absolute Gasteiger partial charge is 0.408 e. The first-order chi connectivity index (χ1) is 10.2. The highest BCUT2D eigenvalue weighted by Gasteiger charge is 2.28. The van der Waals surface area contributed by atoms with E-state index in [1.165, 1.54) is 0 Å². The van der Waals surface area contributed by atoms with Gasteiger partial charge in [-0.1, -0.05) is 44.2 Å². The number of amides is 1. The van der Waals surface area contributed by atoms with Gasteiger partial charge in [-0.25, -0.2) is 9.59 Å². The summed E-state index contributed by atoms with van der Waals surface area (Å²) in [6, 6.07) is 8.66. The van der Waals surface area contributed by atoms with Crippen molar-refractivity contribution in [1.82, 2.24) is 5.32 Å². The first-order valence-electron chi connectivity index (χ1n) is 7.39. The average molecular weight is 341 g/mol. The summed E-state index contributed by atoms with van der Waals surface area (Å²) < 4.78 is 10.4. The van der Waals surface area contributed by atoms with E-state index < -0.39 is 23.7 Å². The van der Waals surface area contributed by atoms with Crippen molar-refractivity contribution < 1.29 is 19.1 Å². The molecule has 0 aliphatic heterocycles. The molecule has 0 saturated carbocycles. The van der Waals surface area contributed by atoms with Crippen LogP contribution >= 0.6 is 13.5 Å². The number of ether oxygens (including phenoxy) is 2. The minimum absolute atomic E-state index is 0. The third-order valence-corrected chi connectivity index (χ3v) is 2.82. The maximum Gasteiger partial charge on any atom is 0.408 e. The molecule has 0 fully saturated rings. The summed E-state index contributed by atoms with van der Waals surface area (Å²) in [5.74, 6) is -0.569. The highest BCUT2D eigenvalue weighted by atomic mass is 32.1. The number of carbonyl (C=O) groups is 2. The second kappa shape index (κ2) is 9.45. The highest BCUT2D eigenvalue weighted by Crippen LogP contribution is 2.10. The van der Waals surface area contributed by atoms with Gasteiger partial charge in [0.2, 0.25) is 0 Å². The first kappa shape index (κ1) is 21.3. The van der Waals surface area contributed by atoms with Crippen LogP contribution in [0.15, 0.2) is 30.3 Å². The number of benzene rings is 1. The Morgan fingerprint density at radius 3 is 2.17 bits per heavy atom. The number of carbonyl (C=O) groups excluding carboxylic acids is 2. The van der Waals surface area contributed by atoms with Gasteiger partial charge in [0.05, 0.1) is 0 Å². The van der Waals surface area contributed by atoms with Gasteiger partial charge in [-0.3, -0.25) is 0 Å². The molecule has 6 heteroatoms. The highest BCUT2D eigenvalue weighted by molar-refractivity contribution is 7.59. The van der Waals surface area contributed by atoms with Crippen LogP contribution in [0.5, 0.6) is 0 Å². The summed E-state index contributed by atoms with van der Waals surface area (Å²) in [4.78, 5) is 24.0. The molecule has 0 aliphatic carbocycles. The molecule has 1 rings (SSSR count). The van der Waals surface area contributed by atoms with E-state index in [1.807, 2.05) is 44.2 Å². The van der Waals surface area contributed by atoms with Gasteiger partial charge in [-0.05, 0) is 32.3 Å². The predicted octanol–water partition coefficient (Wildman–Crippen LogP) is 3.39. The summed E-state index contributed by atoms with van der Waals surface area (Å²) in [5, 5.41) is 2.57. The molecule has 0 heterocycles. The maximum atomic E-state index is 12.2. The van der Waals surface area contributed by atoms with E-state index in [9.17, 15) is 9.59 Å². The lowest BCUT2D eigenvalue weighted by atomic mass is 10.1. The molecule has 0 aromatic heterocycles. The van der Waals surface area contributed by atoms with Crippen molar-refractivity contribution in [3.63, 3.8) is 0 Å². The minimum Gasteiger partial charge on any atom is -0.459 e. The molecule has 1 aromatic rings. The van der Waals surface area contributed by atoms with E-state index in [0.29, 0.717) is 0 Å². The van der Waals surface area contributed by atoms with Gasteiger partial charge < -0.3 is 14.8 Å². The number of hydrogen-bond donors (Lipinski definition) is 1. The Bertz CT molecular complexity index is 497. The lowest BCUT2D eigenvalue weighted by molar-refractivity contribution is -0.148. The van der Waals surface area contributed by atoms with E-state index in [2.05, 4.69) is 5.32 Å². The quantitative estimate of drug-likeness (QED) is 0.834. The van der Waals surface area contributed by atoms with Crippen molar-refractivity contribution in [2.45, 2.75) is 52.9 Å². The largest absolute Gasteiger partial charge is 0.459 e. The fourth-order valence-corrected chi connectivity index (χ4v) is 1.75. The molecule has 5 nitrogen and oxygen atoms in total. The topological polar surface area (TPSA) is 64.6 Å². The van der Waals surface area contributed by atoms with Gasteiger partial charge in [0, 0.05) is 0 Å². The fourth-order valence-electron chi connectivity index (χ4n) is 1.75. The van der Waals surface area contributed by atoms with Crippen LogP contribution in [0.3, 0.4) is 0 Å². The van der Waals surface area contributed by atoms with Crippen LogP contribution in [0, 0.1) is 5.92 Å². The number of rotatable bonds is 5. The molecular formula is C17H27NO4S. The Kier molecular flexibility index (Phi) is 8.75. The predicted molar refractivity (Wildman–Crippen MR) is 94.6 cm³/mol. The van der Waals surface area contributed by atoms with Crippen LogP contribution in [0.2, 0.25) is 0 Å². The third-order valence-electron chi connectivity index (χ3n) is 2.82. The summed E-state index contributed by atoms with van der Waals surface area (Å²) in [6.45, 7) is 9.16. The van der Waals surface area contributed by atoms with Gasteiger partial charge in [0.25, 0.3) is 0 Å². The Labute approximate surface area is 145 Å². The molecule has 1 N–H and O–H groups in total. The van der Waals surface area contributed by atoms with Crippen molar-refractivity contribution in [2.24, 2.45) is 5.92 Å². The lowest BCUT2D eigenvalue weighted by Gasteiger charge is -2.24. The molecule has 23 heavy (non-hydrogen) atoms. The van der Waals surface area contributed by atoms with Crippen molar-refractivity contribution in [1.29, 1.82) is 0 Å². The van der Waals surface area contributed by atoms with Gasteiger partial charge in [-0.2, -0.15) is 13.5 Å². The van der Waals surface area contributed by atoms with E-state index >= 15 is 0 Å². The van der Waals surface area contributed by atoms with Crippen LogP contribution in [-0.4, -0.2) is 23.7 Å². The van der Waals surface area contributed by atoms with Crippen molar-refractivity contribution in [3.8, 4) is 0 Å². The first-order valence-corrected chi connectivity index (χ1v) is 7.39. The molecule has 1 atom stereocenters. The molecule has 0 saturated heterocycles. The van der Waals surface area contributed by atoms with Crippen LogP contribution in [-0.2, 0) is 20.9 Å². The average Bonchev–Trinajstić information content (AvgIpc) is 2.41. The number of alkyl carbamates (subject to hydrolysis) is 1. The molecule has 130 valence electrons. The van der Waals surface area contributed by atoms with Crippen molar-refractivity contribution in [2.75, 3.05) is 0 Å². The third kappa shape index (κ3) is 8.50. The normalized spacial score (nSPS) is 12.1. The summed E-state index contributed by atoms with van der Waals surface area (Å²) in [7, 11) is 0. The van der Waals surface area contributed by atoms with Crippen LogP contribution in [0.25, 0.3) is 0 Å². The van der Waals surface area contributed by atoms with Gasteiger partial charge in [0.15, 0.2) is 0 Å². The van der Waals surface area contributed by atoms with Crippen LogP contribution in [0.1, 0.15) is 40.2 Å².